The van der Waals surface area contributed by atoms with Crippen LogP contribution in [0.5, 0.6) is 0 Å². The van der Waals surface area contributed by atoms with Gasteiger partial charge in [-0.25, -0.2) is 0 Å². The zero-order valence-electron chi connectivity index (χ0n) is 14.3. The standard InChI is InChI=1S/C22H19N3O/c23-22(26)18-6-7-19-14-25(13-16-4-2-1-3-5-16)15-21(20(19)12-18)17-8-10-24-11-9-17/h1-12,15H,13-14H2,(H2,23,26). The highest BCUT2D eigenvalue weighted by molar-refractivity contribution is 5.95. The Bertz CT molecular complexity index is 965. The fourth-order valence-corrected chi connectivity index (χ4v) is 3.32. The molecule has 1 aliphatic heterocycles. The Kier molecular flexibility index (Phi) is 4.23. The first-order chi connectivity index (χ1) is 12.7. The van der Waals surface area contributed by atoms with Gasteiger partial charge >= 0.3 is 0 Å². The van der Waals surface area contributed by atoms with E-state index >= 15 is 0 Å². The highest BCUT2D eigenvalue weighted by atomic mass is 16.1. The summed E-state index contributed by atoms with van der Waals surface area (Å²) in [5, 5.41) is 0. The molecular formula is C22H19N3O. The fourth-order valence-electron chi connectivity index (χ4n) is 3.32. The molecular weight excluding hydrogens is 322 g/mol. The number of pyridine rings is 1. The Hall–Kier alpha value is -3.40. The summed E-state index contributed by atoms with van der Waals surface area (Å²) in [7, 11) is 0. The number of amides is 1. The molecule has 1 aromatic heterocycles. The van der Waals surface area contributed by atoms with E-state index in [2.05, 4.69) is 40.3 Å². The molecule has 0 atom stereocenters. The maximum absolute atomic E-state index is 11.6. The van der Waals surface area contributed by atoms with Crippen molar-refractivity contribution >= 4 is 11.5 Å². The number of rotatable bonds is 4. The molecule has 1 amide bonds. The molecule has 26 heavy (non-hydrogen) atoms. The van der Waals surface area contributed by atoms with Crippen molar-refractivity contribution in [1.29, 1.82) is 0 Å². The van der Waals surface area contributed by atoms with Crippen molar-refractivity contribution in [1.82, 2.24) is 9.88 Å². The molecule has 0 spiro atoms. The van der Waals surface area contributed by atoms with E-state index in [9.17, 15) is 4.79 Å². The average Bonchev–Trinajstić information content (AvgIpc) is 2.68. The third-order valence-electron chi connectivity index (χ3n) is 4.59. The van der Waals surface area contributed by atoms with Crippen molar-refractivity contribution in [2.45, 2.75) is 13.1 Å². The predicted octanol–water partition coefficient (Wildman–Crippen LogP) is 3.59. The molecule has 4 heteroatoms. The molecule has 1 aliphatic rings. The highest BCUT2D eigenvalue weighted by Gasteiger charge is 2.20. The zero-order chi connectivity index (χ0) is 17.9. The van der Waals surface area contributed by atoms with Crippen LogP contribution in [0, 0.1) is 0 Å². The quantitative estimate of drug-likeness (QED) is 0.789. The summed E-state index contributed by atoms with van der Waals surface area (Å²) in [5.74, 6) is -0.409. The molecule has 0 saturated heterocycles. The maximum Gasteiger partial charge on any atom is 0.248 e. The van der Waals surface area contributed by atoms with E-state index in [1.54, 1.807) is 18.5 Å². The number of fused-ring (bicyclic) bond motifs is 1. The minimum absolute atomic E-state index is 0.409. The Balaban J connectivity index is 1.77. The van der Waals surface area contributed by atoms with Crippen LogP contribution in [0.2, 0.25) is 0 Å². The molecule has 2 aromatic carbocycles. The number of carbonyl (C=O) groups excluding carboxylic acids is 1. The van der Waals surface area contributed by atoms with Gasteiger partial charge in [-0.2, -0.15) is 0 Å². The molecule has 2 N–H and O–H groups in total. The Morgan fingerprint density at radius 2 is 1.81 bits per heavy atom. The molecule has 4 rings (SSSR count). The summed E-state index contributed by atoms with van der Waals surface area (Å²) >= 11 is 0. The van der Waals surface area contributed by atoms with Gasteiger partial charge in [-0.05, 0) is 46.5 Å². The summed E-state index contributed by atoms with van der Waals surface area (Å²) in [6.07, 6.45) is 5.73. The molecule has 0 bridgehead atoms. The van der Waals surface area contributed by atoms with Crippen LogP contribution in [0.1, 0.15) is 32.6 Å². The second-order valence-corrected chi connectivity index (χ2v) is 6.41. The van der Waals surface area contributed by atoms with Crippen LogP contribution in [-0.2, 0) is 13.1 Å². The third kappa shape index (κ3) is 3.22. The van der Waals surface area contributed by atoms with Gasteiger partial charge in [-0.15, -0.1) is 0 Å². The zero-order valence-corrected chi connectivity index (χ0v) is 14.3. The van der Waals surface area contributed by atoms with Crippen LogP contribution in [0.3, 0.4) is 0 Å². The van der Waals surface area contributed by atoms with Crippen molar-refractivity contribution in [3.8, 4) is 0 Å². The van der Waals surface area contributed by atoms with E-state index < -0.39 is 5.91 Å². The normalized spacial score (nSPS) is 13.1. The number of carbonyl (C=O) groups is 1. The van der Waals surface area contributed by atoms with Crippen molar-refractivity contribution in [3.05, 3.63) is 107 Å². The first-order valence-electron chi connectivity index (χ1n) is 8.54. The molecule has 0 aliphatic carbocycles. The maximum atomic E-state index is 11.6. The number of nitrogens with zero attached hydrogens (tertiary/aromatic N) is 2. The third-order valence-corrected chi connectivity index (χ3v) is 4.59. The second kappa shape index (κ2) is 6.84. The minimum atomic E-state index is -0.409. The van der Waals surface area contributed by atoms with Crippen LogP contribution < -0.4 is 5.73 Å². The molecule has 0 fully saturated rings. The predicted molar refractivity (Wildman–Crippen MR) is 102 cm³/mol. The largest absolute Gasteiger partial charge is 0.368 e. The van der Waals surface area contributed by atoms with Crippen molar-refractivity contribution < 1.29 is 4.79 Å². The van der Waals surface area contributed by atoms with E-state index in [0.29, 0.717) is 5.56 Å². The van der Waals surface area contributed by atoms with Gasteiger partial charge in [-0.1, -0.05) is 36.4 Å². The second-order valence-electron chi connectivity index (χ2n) is 6.41. The summed E-state index contributed by atoms with van der Waals surface area (Å²) in [6, 6.07) is 20.1. The minimum Gasteiger partial charge on any atom is -0.368 e. The first-order valence-corrected chi connectivity index (χ1v) is 8.54. The Morgan fingerprint density at radius 1 is 1.04 bits per heavy atom. The monoisotopic (exact) mass is 341 g/mol. The number of benzene rings is 2. The molecule has 0 saturated carbocycles. The summed E-state index contributed by atoms with van der Waals surface area (Å²) in [5.41, 5.74) is 11.6. The lowest BCUT2D eigenvalue weighted by Crippen LogP contribution is -2.22. The van der Waals surface area contributed by atoms with Gasteiger partial charge in [0.05, 0.1) is 0 Å². The molecule has 0 unspecified atom stereocenters. The Morgan fingerprint density at radius 3 is 2.54 bits per heavy atom. The van der Waals surface area contributed by atoms with Crippen molar-refractivity contribution in [3.63, 3.8) is 0 Å². The van der Waals surface area contributed by atoms with E-state index in [4.69, 9.17) is 5.73 Å². The van der Waals surface area contributed by atoms with E-state index in [-0.39, 0.29) is 0 Å². The van der Waals surface area contributed by atoms with Crippen LogP contribution in [0.15, 0.2) is 79.3 Å². The molecule has 0 radical (unpaired) electrons. The van der Waals surface area contributed by atoms with Crippen LogP contribution in [0.25, 0.3) is 5.57 Å². The van der Waals surface area contributed by atoms with Crippen LogP contribution >= 0.6 is 0 Å². The summed E-state index contributed by atoms with van der Waals surface area (Å²) < 4.78 is 0. The number of aromatic nitrogens is 1. The number of hydrogen-bond donors (Lipinski definition) is 1. The van der Waals surface area contributed by atoms with Gasteiger partial charge in [0, 0.05) is 42.8 Å². The summed E-state index contributed by atoms with van der Waals surface area (Å²) in [6.45, 7) is 1.62. The fraction of sp³-hybridized carbons (Fsp3) is 0.0909. The highest BCUT2D eigenvalue weighted by Crippen LogP contribution is 2.33. The Labute approximate surface area is 152 Å². The first kappa shape index (κ1) is 16.1. The van der Waals surface area contributed by atoms with Crippen LogP contribution in [0.4, 0.5) is 0 Å². The molecule has 2 heterocycles. The van der Waals surface area contributed by atoms with Crippen molar-refractivity contribution in [2.75, 3.05) is 0 Å². The van der Waals surface area contributed by atoms with Gasteiger partial charge in [0.2, 0.25) is 5.91 Å². The average molecular weight is 341 g/mol. The molecule has 4 nitrogen and oxygen atoms in total. The lowest BCUT2D eigenvalue weighted by Gasteiger charge is -2.29. The summed E-state index contributed by atoms with van der Waals surface area (Å²) in [4.78, 5) is 18.0. The lowest BCUT2D eigenvalue weighted by molar-refractivity contribution is 0.1000. The number of primary amides is 1. The van der Waals surface area contributed by atoms with Gasteiger partial charge in [0.1, 0.15) is 0 Å². The number of nitrogens with two attached hydrogens (primary N) is 1. The smallest absolute Gasteiger partial charge is 0.248 e. The molecule has 128 valence electrons. The number of hydrogen-bond acceptors (Lipinski definition) is 3. The van der Waals surface area contributed by atoms with E-state index in [1.165, 1.54) is 11.1 Å². The van der Waals surface area contributed by atoms with Crippen LogP contribution in [-0.4, -0.2) is 15.8 Å². The van der Waals surface area contributed by atoms with E-state index in [1.807, 2.05) is 30.3 Å². The lowest BCUT2D eigenvalue weighted by atomic mass is 9.90. The van der Waals surface area contributed by atoms with Crippen molar-refractivity contribution in [2.24, 2.45) is 5.73 Å². The van der Waals surface area contributed by atoms with Gasteiger partial charge in [-0.3, -0.25) is 9.78 Å². The van der Waals surface area contributed by atoms with E-state index in [0.717, 1.165) is 29.8 Å². The molecule has 3 aromatic rings. The van der Waals surface area contributed by atoms with Gasteiger partial charge in [0.15, 0.2) is 0 Å². The topological polar surface area (TPSA) is 59.2 Å². The SMILES string of the molecule is NC(=O)c1ccc2c(c1)C(c1ccncc1)=CN(Cc1ccccc1)C2. The van der Waals surface area contributed by atoms with Gasteiger partial charge in [0.25, 0.3) is 0 Å². The van der Waals surface area contributed by atoms with Gasteiger partial charge < -0.3 is 10.6 Å².